The molecule has 0 spiro atoms. The smallest absolute Gasteiger partial charge is 0.550 e. The number of aliphatic carboxylic acids is 1. The minimum atomic E-state index is -1.29. The molecule has 0 unspecified atom stereocenters. The van der Waals surface area contributed by atoms with Crippen molar-refractivity contribution >= 4 is 23.5 Å². The summed E-state index contributed by atoms with van der Waals surface area (Å²) < 4.78 is 5.08. The van der Waals surface area contributed by atoms with Crippen molar-refractivity contribution in [2.24, 2.45) is 40.4 Å². The van der Waals surface area contributed by atoms with E-state index in [4.69, 9.17) is 4.74 Å². The fraction of sp³-hybridized carbons (Fsp3) is 0.840. The molecule has 4 saturated carbocycles. The topological polar surface area (TPSA) is 101 Å². The van der Waals surface area contributed by atoms with Crippen molar-refractivity contribution in [1.82, 2.24) is 0 Å². The number of fused-ring (bicyclic) bond motifs is 5. The molecule has 0 saturated heterocycles. The number of ether oxygens (including phenoxy) is 1. The third kappa shape index (κ3) is 4.61. The van der Waals surface area contributed by atoms with Gasteiger partial charge in [0.1, 0.15) is 12.4 Å². The number of ketones is 2. The van der Waals surface area contributed by atoms with E-state index in [1.54, 1.807) is 0 Å². The van der Waals surface area contributed by atoms with E-state index < -0.39 is 11.9 Å². The summed E-state index contributed by atoms with van der Waals surface area (Å²) in [4.78, 5) is 47.3. The number of rotatable bonds is 6. The maximum Gasteiger partial charge on any atom is 1.00 e. The van der Waals surface area contributed by atoms with Crippen LogP contribution in [0.25, 0.3) is 0 Å². The van der Waals surface area contributed by atoms with Gasteiger partial charge in [-0.3, -0.25) is 14.4 Å². The molecule has 4 aliphatic rings. The van der Waals surface area contributed by atoms with Crippen LogP contribution in [0.3, 0.4) is 0 Å². The predicted octanol–water partition coefficient (Wildman–Crippen LogP) is -0.139. The van der Waals surface area contributed by atoms with Gasteiger partial charge in [0.25, 0.3) is 0 Å². The van der Waals surface area contributed by atoms with E-state index in [9.17, 15) is 24.3 Å². The van der Waals surface area contributed by atoms with E-state index in [0.29, 0.717) is 29.5 Å². The van der Waals surface area contributed by atoms with Gasteiger partial charge in [0, 0.05) is 24.7 Å². The van der Waals surface area contributed by atoms with Gasteiger partial charge in [0.05, 0.1) is 6.42 Å². The number of hydrogen-bond acceptors (Lipinski definition) is 6. The van der Waals surface area contributed by atoms with Crippen molar-refractivity contribution < 1.29 is 58.6 Å². The summed E-state index contributed by atoms with van der Waals surface area (Å²) in [6, 6.07) is 0. The number of esters is 1. The Labute approximate surface area is 212 Å². The summed E-state index contributed by atoms with van der Waals surface area (Å²) in [6.45, 7) is 4.43. The van der Waals surface area contributed by atoms with Crippen LogP contribution in [0.1, 0.15) is 84.5 Å². The molecule has 0 amide bonds. The molecule has 7 heteroatoms. The van der Waals surface area contributed by atoms with Gasteiger partial charge in [0.15, 0.2) is 5.78 Å². The van der Waals surface area contributed by atoms with Crippen LogP contribution < -0.4 is 34.7 Å². The van der Waals surface area contributed by atoms with Crippen molar-refractivity contribution in [2.75, 3.05) is 6.61 Å². The second kappa shape index (κ2) is 9.87. The summed E-state index contributed by atoms with van der Waals surface area (Å²) in [5.41, 5.74) is 0.206. The third-order valence-corrected chi connectivity index (χ3v) is 9.78. The second-order valence-electron chi connectivity index (χ2n) is 11.1. The quantitative estimate of drug-likeness (QED) is 0.409. The minimum absolute atomic E-state index is 0. The summed E-state index contributed by atoms with van der Waals surface area (Å²) in [5, 5.41) is 10.5. The first-order valence-electron chi connectivity index (χ1n) is 12.0. The largest absolute Gasteiger partial charge is 1.00 e. The van der Waals surface area contributed by atoms with Gasteiger partial charge in [-0.2, -0.15) is 0 Å². The van der Waals surface area contributed by atoms with E-state index in [2.05, 4.69) is 13.8 Å². The Morgan fingerprint density at radius 1 is 0.969 bits per heavy atom. The van der Waals surface area contributed by atoms with Crippen LogP contribution in [0.15, 0.2) is 0 Å². The number of carbonyl (C=O) groups excluding carboxylic acids is 4. The van der Waals surface area contributed by atoms with E-state index >= 15 is 0 Å². The van der Waals surface area contributed by atoms with Gasteiger partial charge >= 0.3 is 35.5 Å². The van der Waals surface area contributed by atoms with Crippen LogP contribution in [-0.4, -0.2) is 30.1 Å². The SMILES string of the molecule is C[C@]12CCC(=O)C[C@H]1CC[C@@H]1[C@@H]2CC[C@]2(C)[C@@H](C(=O)COC(=O)CCC(=O)[O-])CC[C@@H]12.[Na+]. The van der Waals surface area contributed by atoms with Crippen LogP contribution in [0.5, 0.6) is 0 Å². The Kier molecular flexibility index (Phi) is 7.99. The average Bonchev–Trinajstić information content (AvgIpc) is 3.08. The first-order chi connectivity index (χ1) is 14.6. The van der Waals surface area contributed by atoms with Crippen molar-refractivity contribution in [1.29, 1.82) is 0 Å². The van der Waals surface area contributed by atoms with E-state index in [0.717, 1.165) is 57.8 Å². The van der Waals surface area contributed by atoms with E-state index in [1.807, 2.05) is 0 Å². The van der Waals surface area contributed by atoms with Crippen LogP contribution in [-0.2, 0) is 23.9 Å². The van der Waals surface area contributed by atoms with Crippen molar-refractivity contribution in [3.63, 3.8) is 0 Å². The zero-order valence-corrected chi connectivity index (χ0v) is 21.8. The molecule has 7 atom stereocenters. The molecule has 0 bridgehead atoms. The normalized spacial score (nSPS) is 40.3. The maximum absolute atomic E-state index is 13.0. The predicted molar refractivity (Wildman–Crippen MR) is 110 cm³/mol. The first-order valence-corrected chi connectivity index (χ1v) is 12.0. The number of carboxylic acids is 1. The van der Waals surface area contributed by atoms with Gasteiger partial charge in [-0.05, 0) is 85.9 Å². The molecule has 0 N–H and O–H groups in total. The zero-order chi connectivity index (χ0) is 22.4. The Bertz CT molecular complexity index is 780. The Balaban J connectivity index is 0.00000289. The van der Waals surface area contributed by atoms with Gasteiger partial charge in [0.2, 0.25) is 0 Å². The second-order valence-corrected chi connectivity index (χ2v) is 11.1. The van der Waals surface area contributed by atoms with E-state index in [1.165, 1.54) is 0 Å². The molecule has 0 radical (unpaired) electrons. The molecule has 0 aliphatic heterocycles. The maximum atomic E-state index is 13.0. The molecule has 172 valence electrons. The number of carboxylic acid groups (broad SMARTS) is 1. The number of Topliss-reactive ketones (excluding diaryl/α,β-unsaturated/α-hetero) is 2. The van der Waals surface area contributed by atoms with Gasteiger partial charge < -0.3 is 14.6 Å². The van der Waals surface area contributed by atoms with Gasteiger partial charge in [-0.1, -0.05) is 13.8 Å². The number of hydrogen-bond donors (Lipinski definition) is 0. The van der Waals surface area contributed by atoms with Gasteiger partial charge in [-0.25, -0.2) is 0 Å². The monoisotopic (exact) mass is 454 g/mol. The number of carbonyl (C=O) groups is 4. The Hall–Kier alpha value is -0.720. The molecule has 0 aromatic carbocycles. The molecule has 0 aromatic rings. The summed E-state index contributed by atoms with van der Waals surface area (Å²) >= 11 is 0. The average molecular weight is 455 g/mol. The molecule has 0 heterocycles. The summed E-state index contributed by atoms with van der Waals surface area (Å²) in [5.74, 6) is 0.686. The third-order valence-electron chi connectivity index (χ3n) is 9.78. The van der Waals surface area contributed by atoms with Crippen LogP contribution in [0, 0.1) is 40.4 Å². The molecule has 4 fully saturated rings. The minimum Gasteiger partial charge on any atom is -0.550 e. The molecular weight excluding hydrogens is 419 g/mol. The molecule has 0 aromatic heterocycles. The van der Waals surface area contributed by atoms with E-state index in [-0.39, 0.29) is 71.5 Å². The summed E-state index contributed by atoms with van der Waals surface area (Å²) in [7, 11) is 0. The molecule has 4 rings (SSSR count). The van der Waals surface area contributed by atoms with Crippen LogP contribution in [0.2, 0.25) is 0 Å². The Morgan fingerprint density at radius 2 is 1.69 bits per heavy atom. The summed E-state index contributed by atoms with van der Waals surface area (Å²) in [6.07, 6.45) is 8.18. The molecule has 32 heavy (non-hydrogen) atoms. The fourth-order valence-electron chi connectivity index (χ4n) is 8.10. The molecule has 6 nitrogen and oxygen atoms in total. The molecular formula is C25H35NaO6. The zero-order valence-electron chi connectivity index (χ0n) is 19.8. The van der Waals surface area contributed by atoms with Crippen molar-refractivity contribution in [3.05, 3.63) is 0 Å². The van der Waals surface area contributed by atoms with Crippen LogP contribution in [0.4, 0.5) is 0 Å². The Morgan fingerprint density at radius 3 is 2.41 bits per heavy atom. The van der Waals surface area contributed by atoms with Crippen molar-refractivity contribution in [2.45, 2.75) is 84.5 Å². The fourth-order valence-corrected chi connectivity index (χ4v) is 8.10. The van der Waals surface area contributed by atoms with Crippen molar-refractivity contribution in [3.8, 4) is 0 Å². The van der Waals surface area contributed by atoms with Gasteiger partial charge in [-0.15, -0.1) is 0 Å². The first kappa shape index (κ1) is 25.9. The van der Waals surface area contributed by atoms with Crippen LogP contribution >= 0.6 is 0 Å². The standard InChI is InChI=1S/C25H36O6.Na/c1-24-11-9-16(26)13-15(24)3-4-17-18-5-6-20(25(18,2)12-10-19(17)24)21(27)14-31-23(30)8-7-22(28)29;/h15,17-20H,3-14H2,1-2H3,(H,28,29);/q;+1/p-1/t15-,17+,18+,19+,20-,24+,25+;/m1./s1. The molecule has 4 aliphatic carbocycles.